The van der Waals surface area contributed by atoms with E-state index in [1.807, 2.05) is 22.9 Å². The van der Waals surface area contributed by atoms with E-state index in [-0.39, 0.29) is 0 Å². The molecular formula is C19H23N7O2. The lowest BCUT2D eigenvalue weighted by Crippen LogP contribution is -2.19. The van der Waals surface area contributed by atoms with Gasteiger partial charge >= 0.3 is 5.97 Å². The Balaban J connectivity index is 1.74. The number of anilines is 4. The number of benzene rings is 1. The van der Waals surface area contributed by atoms with Crippen LogP contribution in [0.25, 0.3) is 0 Å². The molecule has 0 aliphatic carbocycles. The number of nitrogens with zero attached hydrogens (tertiary/aromatic N) is 5. The molecule has 2 aromatic heterocycles. The molecule has 28 heavy (non-hydrogen) atoms. The fourth-order valence-electron chi connectivity index (χ4n) is 2.84. The molecule has 0 spiro atoms. The van der Waals surface area contributed by atoms with Gasteiger partial charge in [-0.25, -0.2) is 19.7 Å². The standard InChI is InChI=1S/C19H23N7O2/c1-25(15-7-4-3-6-14(15)19(27)28-2)18-16(20)17(23-12-24-18)22-8-5-10-26-11-9-21-13-26/h3-4,6-7,9,11-13H,5,8,10,20H2,1-2H3,(H,22,23,24). The summed E-state index contributed by atoms with van der Waals surface area (Å²) in [6.45, 7) is 1.54. The van der Waals surface area contributed by atoms with Gasteiger partial charge in [0.15, 0.2) is 11.6 Å². The van der Waals surface area contributed by atoms with Crippen molar-refractivity contribution < 1.29 is 9.53 Å². The molecule has 0 unspecified atom stereocenters. The van der Waals surface area contributed by atoms with Crippen LogP contribution < -0.4 is 16.0 Å². The molecule has 0 radical (unpaired) electrons. The predicted molar refractivity (Wildman–Crippen MR) is 108 cm³/mol. The van der Waals surface area contributed by atoms with Gasteiger partial charge in [0.2, 0.25) is 0 Å². The Hall–Kier alpha value is -3.62. The van der Waals surface area contributed by atoms with E-state index in [1.54, 1.807) is 36.6 Å². The molecule has 0 fully saturated rings. The first-order valence-electron chi connectivity index (χ1n) is 8.83. The molecule has 9 nitrogen and oxygen atoms in total. The zero-order valence-electron chi connectivity index (χ0n) is 15.9. The second-order valence-corrected chi connectivity index (χ2v) is 6.11. The zero-order valence-corrected chi connectivity index (χ0v) is 15.9. The maximum Gasteiger partial charge on any atom is 0.339 e. The topological polar surface area (TPSA) is 111 Å². The number of ether oxygens (including phenoxy) is 1. The molecule has 146 valence electrons. The summed E-state index contributed by atoms with van der Waals surface area (Å²) < 4.78 is 6.87. The largest absolute Gasteiger partial charge is 0.465 e. The molecule has 3 rings (SSSR count). The van der Waals surface area contributed by atoms with E-state index in [2.05, 4.69) is 20.3 Å². The Morgan fingerprint density at radius 2 is 2.14 bits per heavy atom. The number of nitrogens with two attached hydrogens (primary N) is 1. The molecule has 2 heterocycles. The van der Waals surface area contributed by atoms with Crippen LogP contribution in [0.2, 0.25) is 0 Å². The highest BCUT2D eigenvalue weighted by atomic mass is 16.5. The quantitative estimate of drug-likeness (QED) is 0.452. The average Bonchev–Trinajstić information content (AvgIpc) is 3.24. The molecule has 0 aliphatic rings. The van der Waals surface area contributed by atoms with Crippen LogP contribution in [0.1, 0.15) is 16.8 Å². The van der Waals surface area contributed by atoms with E-state index < -0.39 is 5.97 Å². The summed E-state index contributed by atoms with van der Waals surface area (Å²) in [4.78, 5) is 26.4. The fraction of sp³-hybridized carbons (Fsp3) is 0.263. The first kappa shape index (κ1) is 19.2. The van der Waals surface area contributed by atoms with Crippen molar-refractivity contribution >= 4 is 29.0 Å². The maximum absolute atomic E-state index is 12.1. The molecular weight excluding hydrogens is 358 g/mol. The van der Waals surface area contributed by atoms with Crippen LogP contribution in [0.4, 0.5) is 23.0 Å². The van der Waals surface area contributed by atoms with Gasteiger partial charge in [0, 0.05) is 32.5 Å². The first-order chi connectivity index (χ1) is 13.6. The molecule has 9 heteroatoms. The van der Waals surface area contributed by atoms with Gasteiger partial charge in [0.05, 0.1) is 24.7 Å². The van der Waals surface area contributed by atoms with Crippen LogP contribution in [0.5, 0.6) is 0 Å². The van der Waals surface area contributed by atoms with Crippen molar-refractivity contribution in [3.63, 3.8) is 0 Å². The van der Waals surface area contributed by atoms with E-state index in [1.165, 1.54) is 13.4 Å². The number of para-hydroxylation sites is 1. The number of imidazole rings is 1. The monoisotopic (exact) mass is 381 g/mol. The summed E-state index contributed by atoms with van der Waals surface area (Å²) >= 11 is 0. The van der Waals surface area contributed by atoms with E-state index in [0.717, 1.165) is 13.0 Å². The van der Waals surface area contributed by atoms with Crippen molar-refractivity contribution in [2.24, 2.45) is 0 Å². The number of carbonyl (C=O) groups is 1. The summed E-state index contributed by atoms with van der Waals surface area (Å²) in [6, 6.07) is 7.13. The number of hydrogen-bond acceptors (Lipinski definition) is 8. The molecule has 3 aromatic rings. The Bertz CT molecular complexity index is 928. The van der Waals surface area contributed by atoms with Crippen LogP contribution in [0.3, 0.4) is 0 Å². The molecule has 0 saturated heterocycles. The lowest BCUT2D eigenvalue weighted by molar-refractivity contribution is 0.0601. The van der Waals surface area contributed by atoms with Crippen molar-refractivity contribution in [3.05, 3.63) is 54.9 Å². The number of carbonyl (C=O) groups excluding carboxylic acids is 1. The molecule has 0 saturated carbocycles. The van der Waals surface area contributed by atoms with E-state index >= 15 is 0 Å². The van der Waals surface area contributed by atoms with Crippen LogP contribution in [-0.4, -0.2) is 46.2 Å². The highest BCUT2D eigenvalue weighted by Crippen LogP contribution is 2.32. The van der Waals surface area contributed by atoms with E-state index in [0.29, 0.717) is 35.1 Å². The van der Waals surface area contributed by atoms with Crippen molar-refractivity contribution in [1.82, 2.24) is 19.5 Å². The number of methoxy groups -OCH3 is 1. The van der Waals surface area contributed by atoms with Crippen LogP contribution in [0, 0.1) is 0 Å². The van der Waals surface area contributed by atoms with Gasteiger partial charge in [0.25, 0.3) is 0 Å². The minimum Gasteiger partial charge on any atom is -0.465 e. The fourth-order valence-corrected chi connectivity index (χ4v) is 2.84. The summed E-state index contributed by atoms with van der Waals surface area (Å²) in [7, 11) is 3.15. The van der Waals surface area contributed by atoms with Gasteiger partial charge < -0.3 is 25.3 Å². The van der Waals surface area contributed by atoms with Crippen molar-refractivity contribution in [2.75, 3.05) is 36.7 Å². The number of aryl methyl sites for hydroxylation is 1. The lowest BCUT2D eigenvalue weighted by atomic mass is 10.1. The number of rotatable bonds is 8. The SMILES string of the molecule is COC(=O)c1ccccc1N(C)c1ncnc(NCCCn2ccnc2)c1N. The number of aromatic nitrogens is 4. The lowest BCUT2D eigenvalue weighted by Gasteiger charge is -2.23. The molecule has 1 aromatic carbocycles. The van der Waals surface area contributed by atoms with Crippen molar-refractivity contribution in [1.29, 1.82) is 0 Å². The minimum absolute atomic E-state index is 0.410. The summed E-state index contributed by atoms with van der Waals surface area (Å²) in [5.74, 6) is 0.634. The zero-order chi connectivity index (χ0) is 19.9. The highest BCUT2D eigenvalue weighted by molar-refractivity contribution is 5.97. The Morgan fingerprint density at radius 1 is 1.32 bits per heavy atom. The maximum atomic E-state index is 12.1. The van der Waals surface area contributed by atoms with Crippen LogP contribution in [0.15, 0.2) is 49.3 Å². The second kappa shape index (κ2) is 8.85. The minimum atomic E-state index is -0.423. The number of nitrogens with one attached hydrogen (secondary N) is 1. The van der Waals surface area contributed by atoms with Gasteiger partial charge in [-0.3, -0.25) is 0 Å². The average molecular weight is 381 g/mol. The highest BCUT2D eigenvalue weighted by Gasteiger charge is 2.19. The van der Waals surface area contributed by atoms with Crippen LogP contribution in [-0.2, 0) is 11.3 Å². The Morgan fingerprint density at radius 3 is 2.89 bits per heavy atom. The summed E-state index contributed by atoms with van der Waals surface area (Å²) in [5.41, 5.74) is 7.78. The Kier molecular flexibility index (Phi) is 6.05. The van der Waals surface area contributed by atoms with Gasteiger partial charge in [-0.05, 0) is 18.6 Å². The van der Waals surface area contributed by atoms with Gasteiger partial charge in [-0.15, -0.1) is 0 Å². The number of nitrogen functional groups attached to an aromatic ring is 1. The summed E-state index contributed by atoms with van der Waals surface area (Å²) in [5, 5.41) is 3.24. The second-order valence-electron chi connectivity index (χ2n) is 6.11. The van der Waals surface area contributed by atoms with E-state index in [9.17, 15) is 4.79 Å². The predicted octanol–water partition coefficient (Wildman–Crippen LogP) is 2.31. The third kappa shape index (κ3) is 4.20. The van der Waals surface area contributed by atoms with Crippen molar-refractivity contribution in [2.45, 2.75) is 13.0 Å². The van der Waals surface area contributed by atoms with Gasteiger partial charge in [0.1, 0.15) is 12.0 Å². The van der Waals surface area contributed by atoms with Crippen LogP contribution >= 0.6 is 0 Å². The summed E-state index contributed by atoms with van der Waals surface area (Å²) in [6.07, 6.45) is 7.79. The molecule has 0 aliphatic heterocycles. The van der Waals surface area contributed by atoms with Crippen molar-refractivity contribution in [3.8, 4) is 0 Å². The molecule has 0 atom stereocenters. The first-order valence-corrected chi connectivity index (χ1v) is 8.83. The van der Waals surface area contributed by atoms with Gasteiger partial charge in [-0.2, -0.15) is 0 Å². The number of hydrogen-bond donors (Lipinski definition) is 2. The number of esters is 1. The molecule has 0 amide bonds. The normalized spacial score (nSPS) is 10.5. The third-order valence-corrected chi connectivity index (χ3v) is 4.30. The molecule has 0 bridgehead atoms. The molecule has 3 N–H and O–H groups in total. The smallest absolute Gasteiger partial charge is 0.339 e. The van der Waals surface area contributed by atoms with Gasteiger partial charge in [-0.1, -0.05) is 12.1 Å². The third-order valence-electron chi connectivity index (χ3n) is 4.30. The Labute approximate surface area is 163 Å². The van der Waals surface area contributed by atoms with E-state index in [4.69, 9.17) is 10.5 Å².